The van der Waals surface area contributed by atoms with Crippen LogP contribution >= 0.6 is 0 Å². The summed E-state index contributed by atoms with van der Waals surface area (Å²) in [7, 11) is 0. The lowest BCUT2D eigenvalue weighted by Crippen LogP contribution is -2.17. The molecular formula is C17H20N2O2. The van der Waals surface area contributed by atoms with Gasteiger partial charge in [0.05, 0.1) is 4.92 Å². The first kappa shape index (κ1) is 15.0. The van der Waals surface area contributed by atoms with E-state index in [4.69, 9.17) is 0 Å². The highest BCUT2D eigenvalue weighted by Crippen LogP contribution is 2.28. The van der Waals surface area contributed by atoms with Crippen molar-refractivity contribution in [3.63, 3.8) is 0 Å². The van der Waals surface area contributed by atoms with Crippen molar-refractivity contribution in [1.29, 1.82) is 0 Å². The fraction of sp³-hybridized carbons (Fsp3) is 0.294. The Bertz CT molecular complexity index is 611. The molecule has 2 aromatic rings. The van der Waals surface area contributed by atoms with E-state index >= 15 is 0 Å². The fourth-order valence-electron chi connectivity index (χ4n) is 2.34. The molecule has 0 radical (unpaired) electrons. The fourth-order valence-corrected chi connectivity index (χ4v) is 2.34. The molecule has 0 aliphatic rings. The highest BCUT2D eigenvalue weighted by atomic mass is 16.6. The first-order valence-corrected chi connectivity index (χ1v) is 7.12. The van der Waals surface area contributed by atoms with E-state index in [1.54, 1.807) is 12.1 Å². The van der Waals surface area contributed by atoms with Crippen LogP contribution in [0.2, 0.25) is 0 Å². The molecule has 0 heterocycles. The number of hydrogen-bond acceptors (Lipinski definition) is 3. The third-order valence-electron chi connectivity index (χ3n) is 3.55. The summed E-state index contributed by atoms with van der Waals surface area (Å²) in [5.41, 5.74) is 2.95. The first-order chi connectivity index (χ1) is 10.1. The summed E-state index contributed by atoms with van der Waals surface area (Å²) in [6.07, 6.45) is 1.88. The summed E-state index contributed by atoms with van der Waals surface area (Å²) in [5.74, 6) is 0. The lowest BCUT2D eigenvalue weighted by Gasteiger charge is -2.17. The van der Waals surface area contributed by atoms with E-state index in [1.165, 1.54) is 5.56 Å². The molecule has 0 aliphatic carbocycles. The van der Waals surface area contributed by atoms with Crippen molar-refractivity contribution in [2.24, 2.45) is 0 Å². The normalized spacial score (nSPS) is 11.9. The average molecular weight is 284 g/mol. The number of para-hydroxylation sites is 1. The second-order valence-electron chi connectivity index (χ2n) is 5.30. The number of nitro groups is 1. The summed E-state index contributed by atoms with van der Waals surface area (Å²) in [4.78, 5) is 10.8. The molecular weight excluding hydrogens is 264 g/mol. The Hall–Kier alpha value is -2.36. The second-order valence-corrected chi connectivity index (χ2v) is 5.30. The molecule has 0 aromatic heterocycles. The van der Waals surface area contributed by atoms with Crippen molar-refractivity contribution in [3.05, 3.63) is 69.8 Å². The quantitative estimate of drug-likeness (QED) is 0.634. The van der Waals surface area contributed by atoms with Crippen LogP contribution in [0.25, 0.3) is 0 Å². The lowest BCUT2D eigenvalue weighted by molar-refractivity contribution is -0.384. The topological polar surface area (TPSA) is 55.2 Å². The van der Waals surface area contributed by atoms with Crippen LogP contribution in [0.5, 0.6) is 0 Å². The number of hydrogen-bond donors (Lipinski definition) is 1. The summed E-state index contributed by atoms with van der Waals surface area (Å²) in [6, 6.07) is 15.6. The maximum atomic E-state index is 11.1. The smallest absolute Gasteiger partial charge is 0.292 e. The van der Waals surface area contributed by atoms with E-state index in [0.717, 1.165) is 18.4 Å². The van der Waals surface area contributed by atoms with E-state index < -0.39 is 0 Å². The van der Waals surface area contributed by atoms with Crippen molar-refractivity contribution in [2.75, 3.05) is 5.32 Å². The van der Waals surface area contributed by atoms with Gasteiger partial charge < -0.3 is 5.32 Å². The Morgan fingerprint density at radius 3 is 2.52 bits per heavy atom. The van der Waals surface area contributed by atoms with Crippen molar-refractivity contribution in [3.8, 4) is 0 Å². The minimum atomic E-state index is -0.334. The number of aryl methyl sites for hydroxylation is 2. The molecule has 0 amide bonds. The molecule has 0 saturated carbocycles. The van der Waals surface area contributed by atoms with Crippen molar-refractivity contribution < 1.29 is 4.92 Å². The van der Waals surface area contributed by atoms with Crippen LogP contribution in [-0.4, -0.2) is 11.0 Å². The van der Waals surface area contributed by atoms with Crippen molar-refractivity contribution in [1.82, 2.24) is 0 Å². The van der Waals surface area contributed by atoms with Crippen molar-refractivity contribution in [2.45, 2.75) is 32.7 Å². The summed E-state index contributed by atoms with van der Waals surface area (Å²) >= 11 is 0. The number of nitrogens with one attached hydrogen (secondary N) is 1. The van der Waals surface area contributed by atoms with Crippen molar-refractivity contribution >= 4 is 11.4 Å². The molecule has 1 unspecified atom stereocenters. The van der Waals surface area contributed by atoms with Crippen LogP contribution in [-0.2, 0) is 6.42 Å². The molecule has 2 aromatic carbocycles. The highest BCUT2D eigenvalue weighted by molar-refractivity contribution is 5.66. The Labute approximate surface area is 125 Å². The summed E-state index contributed by atoms with van der Waals surface area (Å²) in [5, 5.41) is 14.4. The van der Waals surface area contributed by atoms with Gasteiger partial charge in [-0.1, -0.05) is 42.5 Å². The largest absolute Gasteiger partial charge is 0.377 e. The molecule has 0 aliphatic heterocycles. The third kappa shape index (κ3) is 4.05. The molecule has 4 nitrogen and oxygen atoms in total. The number of nitro benzene ring substituents is 1. The number of benzene rings is 2. The van der Waals surface area contributed by atoms with Gasteiger partial charge in [-0.3, -0.25) is 10.1 Å². The first-order valence-electron chi connectivity index (χ1n) is 7.12. The Morgan fingerprint density at radius 1 is 1.14 bits per heavy atom. The molecule has 0 spiro atoms. The predicted octanol–water partition coefficient (Wildman–Crippen LogP) is 4.34. The SMILES string of the molecule is Cc1cccc([N+](=O)[O-])c1NC(C)CCc1ccccc1. The van der Waals surface area contributed by atoms with Gasteiger partial charge >= 0.3 is 0 Å². The van der Waals surface area contributed by atoms with E-state index in [0.29, 0.717) is 5.69 Å². The van der Waals surface area contributed by atoms with E-state index in [1.807, 2.05) is 31.2 Å². The Kier molecular flexibility index (Phi) is 4.93. The monoisotopic (exact) mass is 284 g/mol. The zero-order valence-electron chi connectivity index (χ0n) is 12.4. The van der Waals surface area contributed by atoms with Crippen LogP contribution in [0, 0.1) is 17.0 Å². The van der Waals surface area contributed by atoms with Gasteiger partial charge in [0.15, 0.2) is 0 Å². The van der Waals surface area contributed by atoms with Crippen LogP contribution in [0.15, 0.2) is 48.5 Å². The van der Waals surface area contributed by atoms with Gasteiger partial charge in [0.25, 0.3) is 5.69 Å². The Balaban J connectivity index is 2.03. The molecule has 110 valence electrons. The average Bonchev–Trinajstić information content (AvgIpc) is 2.48. The number of nitrogens with zero attached hydrogens (tertiary/aromatic N) is 1. The number of anilines is 1. The zero-order chi connectivity index (χ0) is 15.2. The summed E-state index contributed by atoms with van der Waals surface area (Å²) in [6.45, 7) is 3.94. The van der Waals surface area contributed by atoms with Crippen LogP contribution in [0.4, 0.5) is 11.4 Å². The van der Waals surface area contributed by atoms with E-state index in [9.17, 15) is 10.1 Å². The standard InChI is InChI=1S/C17H20N2O2/c1-13-7-6-10-16(19(20)21)17(13)18-14(2)11-12-15-8-4-3-5-9-15/h3-10,14,18H,11-12H2,1-2H3. The Morgan fingerprint density at radius 2 is 1.86 bits per heavy atom. The molecule has 0 bridgehead atoms. The number of rotatable bonds is 6. The predicted molar refractivity (Wildman–Crippen MR) is 85.7 cm³/mol. The van der Waals surface area contributed by atoms with Crippen LogP contribution < -0.4 is 5.32 Å². The van der Waals surface area contributed by atoms with Crippen LogP contribution in [0.1, 0.15) is 24.5 Å². The second kappa shape index (κ2) is 6.88. The van der Waals surface area contributed by atoms with Gasteiger partial charge in [0.2, 0.25) is 0 Å². The third-order valence-corrected chi connectivity index (χ3v) is 3.55. The maximum Gasteiger partial charge on any atom is 0.292 e. The molecule has 0 saturated heterocycles. The molecule has 4 heteroatoms. The molecule has 21 heavy (non-hydrogen) atoms. The van der Waals surface area contributed by atoms with Gasteiger partial charge in [-0.25, -0.2) is 0 Å². The molecule has 1 atom stereocenters. The molecule has 0 fully saturated rings. The van der Waals surface area contributed by atoms with Gasteiger partial charge in [0.1, 0.15) is 5.69 Å². The summed E-state index contributed by atoms with van der Waals surface area (Å²) < 4.78 is 0. The molecule has 2 rings (SSSR count). The van der Waals surface area contributed by atoms with E-state index in [2.05, 4.69) is 24.4 Å². The van der Waals surface area contributed by atoms with Gasteiger partial charge in [-0.15, -0.1) is 0 Å². The van der Waals surface area contributed by atoms with Crippen LogP contribution in [0.3, 0.4) is 0 Å². The molecule has 1 N–H and O–H groups in total. The highest BCUT2D eigenvalue weighted by Gasteiger charge is 2.16. The minimum absolute atomic E-state index is 0.140. The maximum absolute atomic E-state index is 11.1. The zero-order valence-corrected chi connectivity index (χ0v) is 12.4. The van der Waals surface area contributed by atoms with Gasteiger partial charge in [-0.2, -0.15) is 0 Å². The van der Waals surface area contributed by atoms with E-state index in [-0.39, 0.29) is 16.7 Å². The minimum Gasteiger partial charge on any atom is -0.377 e. The van der Waals surface area contributed by atoms with Gasteiger partial charge in [-0.05, 0) is 37.8 Å². The lowest BCUT2D eigenvalue weighted by atomic mass is 10.1. The van der Waals surface area contributed by atoms with Gasteiger partial charge in [0, 0.05) is 12.1 Å².